The van der Waals surface area contributed by atoms with Gasteiger partial charge < -0.3 is 15.5 Å². The van der Waals surface area contributed by atoms with Gasteiger partial charge in [-0.25, -0.2) is 0 Å². The lowest BCUT2D eigenvalue weighted by atomic mass is 9.64. The van der Waals surface area contributed by atoms with Crippen LogP contribution in [0, 0.1) is 5.92 Å². The van der Waals surface area contributed by atoms with Crippen LogP contribution in [0.1, 0.15) is 35.1 Å². The topological polar surface area (TPSA) is 49.6 Å². The Hall–Kier alpha value is -2.95. The fourth-order valence-electron chi connectivity index (χ4n) is 5.97. The molecule has 0 unspecified atom stereocenters. The number of carbonyl (C=O) groups excluding carboxylic acids is 1. The van der Waals surface area contributed by atoms with Crippen molar-refractivity contribution in [1.29, 1.82) is 0 Å². The van der Waals surface area contributed by atoms with Gasteiger partial charge in [0.15, 0.2) is 0 Å². The van der Waals surface area contributed by atoms with E-state index in [9.17, 15) is 4.79 Å². The Morgan fingerprint density at radius 3 is 1.71 bits per heavy atom. The summed E-state index contributed by atoms with van der Waals surface area (Å²) in [5.41, 5.74) is 10.2. The standard InChI is InChI=1S/C31H37N3O/c32-30(35)31(27-8-3-1-4-9-27,28-10-5-2-6-11-28)29-18-23-34(24-29)22-17-26-14-12-25(13-15-26)16-21-33-19-7-20-33/h1-6,8-15,29H,7,16-24H2,(H2,32,35)/t29-/m1/s1. The largest absolute Gasteiger partial charge is 0.369 e. The number of carbonyl (C=O) groups is 1. The van der Waals surface area contributed by atoms with Crippen molar-refractivity contribution in [2.75, 3.05) is 39.3 Å². The van der Waals surface area contributed by atoms with E-state index in [-0.39, 0.29) is 11.8 Å². The molecule has 2 fully saturated rings. The maximum atomic E-state index is 13.2. The van der Waals surface area contributed by atoms with E-state index in [0.29, 0.717) is 0 Å². The molecule has 0 bridgehead atoms. The first-order chi connectivity index (χ1) is 17.2. The number of rotatable bonds is 10. The molecule has 3 aromatic rings. The fraction of sp³-hybridized carbons (Fsp3) is 0.387. The first-order valence-corrected chi connectivity index (χ1v) is 13.1. The second-order valence-corrected chi connectivity index (χ2v) is 10.2. The number of nitrogens with two attached hydrogens (primary N) is 1. The molecule has 2 N–H and O–H groups in total. The van der Waals surface area contributed by atoms with Crippen LogP contribution >= 0.6 is 0 Å². The molecule has 4 heteroatoms. The lowest BCUT2D eigenvalue weighted by Gasteiger charge is -2.37. The van der Waals surface area contributed by atoms with E-state index in [1.807, 2.05) is 36.4 Å². The molecule has 0 aromatic heterocycles. The molecule has 2 saturated heterocycles. The average molecular weight is 468 g/mol. The van der Waals surface area contributed by atoms with Crippen LogP contribution in [0.3, 0.4) is 0 Å². The number of hydrogen-bond acceptors (Lipinski definition) is 3. The summed E-state index contributed by atoms with van der Waals surface area (Å²) >= 11 is 0. The Balaban J connectivity index is 1.26. The summed E-state index contributed by atoms with van der Waals surface area (Å²) in [6.45, 7) is 6.58. The van der Waals surface area contributed by atoms with Gasteiger partial charge in [0, 0.05) is 19.6 Å². The minimum absolute atomic E-state index is 0.147. The second-order valence-electron chi connectivity index (χ2n) is 10.2. The minimum atomic E-state index is -0.810. The third-order valence-electron chi connectivity index (χ3n) is 8.14. The van der Waals surface area contributed by atoms with E-state index < -0.39 is 5.41 Å². The second kappa shape index (κ2) is 10.8. The zero-order chi connectivity index (χ0) is 24.1. The average Bonchev–Trinajstić information content (AvgIpc) is 3.33. The molecule has 0 spiro atoms. The molecular formula is C31H37N3O. The molecule has 0 radical (unpaired) electrons. The molecule has 5 rings (SSSR count). The van der Waals surface area contributed by atoms with E-state index in [1.165, 1.54) is 37.2 Å². The van der Waals surface area contributed by atoms with Crippen LogP contribution in [0.4, 0.5) is 0 Å². The lowest BCUT2D eigenvalue weighted by molar-refractivity contribution is -0.123. The van der Waals surface area contributed by atoms with Crippen molar-refractivity contribution in [3.8, 4) is 0 Å². The summed E-state index contributed by atoms with van der Waals surface area (Å²) in [7, 11) is 0. The quantitative estimate of drug-likeness (QED) is 0.484. The van der Waals surface area contributed by atoms with Crippen molar-refractivity contribution in [1.82, 2.24) is 9.80 Å². The summed E-state index contributed by atoms with van der Waals surface area (Å²) in [5, 5.41) is 0. The van der Waals surface area contributed by atoms with Crippen LogP contribution in [0.2, 0.25) is 0 Å². The third kappa shape index (κ3) is 5.05. The number of likely N-dealkylation sites (tertiary alicyclic amines) is 2. The fourth-order valence-corrected chi connectivity index (χ4v) is 5.97. The zero-order valence-corrected chi connectivity index (χ0v) is 20.6. The van der Waals surface area contributed by atoms with Crippen LogP contribution in [0.25, 0.3) is 0 Å². The van der Waals surface area contributed by atoms with E-state index >= 15 is 0 Å². The van der Waals surface area contributed by atoms with Crippen molar-refractivity contribution in [2.24, 2.45) is 11.7 Å². The van der Waals surface area contributed by atoms with Gasteiger partial charge in [-0.2, -0.15) is 0 Å². The molecule has 2 aliphatic rings. The maximum Gasteiger partial charge on any atom is 0.232 e. The number of amides is 1. The number of primary amides is 1. The summed E-state index contributed by atoms with van der Waals surface area (Å²) < 4.78 is 0. The van der Waals surface area contributed by atoms with Gasteiger partial charge in [0.25, 0.3) is 0 Å². The Labute approximate surface area is 209 Å². The van der Waals surface area contributed by atoms with E-state index in [2.05, 4.69) is 58.3 Å². The molecule has 1 amide bonds. The molecule has 0 saturated carbocycles. The van der Waals surface area contributed by atoms with Gasteiger partial charge >= 0.3 is 0 Å². The number of nitrogens with zero attached hydrogens (tertiary/aromatic N) is 2. The first-order valence-electron chi connectivity index (χ1n) is 13.1. The highest BCUT2D eigenvalue weighted by atomic mass is 16.1. The maximum absolute atomic E-state index is 13.2. The third-order valence-corrected chi connectivity index (χ3v) is 8.14. The molecule has 4 nitrogen and oxygen atoms in total. The predicted molar refractivity (Wildman–Crippen MR) is 142 cm³/mol. The summed E-state index contributed by atoms with van der Waals surface area (Å²) in [5.74, 6) is -0.107. The highest BCUT2D eigenvalue weighted by molar-refractivity contribution is 5.91. The molecule has 2 aliphatic heterocycles. The van der Waals surface area contributed by atoms with Crippen molar-refractivity contribution < 1.29 is 4.79 Å². The lowest BCUT2D eigenvalue weighted by Crippen LogP contribution is -2.49. The van der Waals surface area contributed by atoms with Crippen molar-refractivity contribution >= 4 is 5.91 Å². The summed E-state index contributed by atoms with van der Waals surface area (Å²) in [6, 6.07) is 29.4. The Morgan fingerprint density at radius 1 is 0.743 bits per heavy atom. The van der Waals surface area contributed by atoms with Gasteiger partial charge in [0.2, 0.25) is 5.91 Å². The smallest absolute Gasteiger partial charge is 0.232 e. The first kappa shape index (κ1) is 23.8. The molecular weight excluding hydrogens is 430 g/mol. The van der Waals surface area contributed by atoms with Crippen LogP contribution in [0.15, 0.2) is 84.9 Å². The van der Waals surface area contributed by atoms with Gasteiger partial charge in [0.1, 0.15) is 5.41 Å². The Kier molecular flexibility index (Phi) is 7.31. The zero-order valence-electron chi connectivity index (χ0n) is 20.6. The van der Waals surface area contributed by atoms with Gasteiger partial charge in [-0.15, -0.1) is 0 Å². The summed E-state index contributed by atoms with van der Waals surface area (Å²) in [6.07, 6.45) is 4.48. The van der Waals surface area contributed by atoms with E-state index in [0.717, 1.165) is 50.0 Å². The Bertz CT molecular complexity index is 1050. The molecule has 2 heterocycles. The van der Waals surface area contributed by atoms with Crippen molar-refractivity contribution in [3.63, 3.8) is 0 Å². The van der Waals surface area contributed by atoms with E-state index in [1.54, 1.807) is 0 Å². The van der Waals surface area contributed by atoms with Crippen LogP contribution in [-0.4, -0.2) is 55.0 Å². The van der Waals surface area contributed by atoms with Crippen molar-refractivity contribution in [3.05, 3.63) is 107 Å². The van der Waals surface area contributed by atoms with E-state index in [4.69, 9.17) is 5.73 Å². The van der Waals surface area contributed by atoms with Crippen LogP contribution in [-0.2, 0) is 23.1 Å². The Morgan fingerprint density at radius 2 is 1.26 bits per heavy atom. The summed E-state index contributed by atoms with van der Waals surface area (Å²) in [4.78, 5) is 18.3. The van der Waals surface area contributed by atoms with Crippen LogP contribution < -0.4 is 5.73 Å². The molecule has 3 aromatic carbocycles. The van der Waals surface area contributed by atoms with Gasteiger partial charge in [0.05, 0.1) is 0 Å². The van der Waals surface area contributed by atoms with Gasteiger partial charge in [-0.05, 0) is 73.5 Å². The highest BCUT2D eigenvalue weighted by Crippen LogP contribution is 2.43. The van der Waals surface area contributed by atoms with Crippen LogP contribution in [0.5, 0.6) is 0 Å². The normalized spacial score (nSPS) is 18.9. The molecule has 0 aliphatic carbocycles. The minimum Gasteiger partial charge on any atom is -0.369 e. The monoisotopic (exact) mass is 467 g/mol. The number of benzene rings is 3. The number of hydrogen-bond donors (Lipinski definition) is 1. The SMILES string of the molecule is NC(=O)C(c1ccccc1)(c1ccccc1)[C@@H]1CCN(CCc2ccc(CCN3CCC3)cc2)C1. The molecule has 35 heavy (non-hydrogen) atoms. The van der Waals surface area contributed by atoms with Crippen molar-refractivity contribution in [2.45, 2.75) is 31.1 Å². The van der Waals surface area contributed by atoms with Gasteiger partial charge in [-0.1, -0.05) is 84.9 Å². The molecule has 182 valence electrons. The van der Waals surface area contributed by atoms with Gasteiger partial charge in [-0.3, -0.25) is 4.79 Å². The highest BCUT2D eigenvalue weighted by Gasteiger charge is 2.49. The predicted octanol–water partition coefficient (Wildman–Crippen LogP) is 4.27. The molecule has 1 atom stereocenters.